The average Bonchev–Trinajstić information content (AvgIpc) is 2.46. The normalized spacial score (nSPS) is 27.0. The van der Waals surface area contributed by atoms with Crippen LogP contribution >= 0.6 is 0 Å². The van der Waals surface area contributed by atoms with Gasteiger partial charge < -0.3 is 10.4 Å². The maximum absolute atomic E-state index is 9.36. The molecule has 0 aromatic carbocycles. The molecule has 3 heteroatoms. The first kappa shape index (κ1) is 11.0. The predicted molar refractivity (Wildman–Crippen MR) is 54.7 cm³/mol. The lowest BCUT2D eigenvalue weighted by atomic mass is 10.0. The molecule has 78 valence electrons. The molecule has 1 saturated heterocycles. The molecule has 0 aromatic rings. The van der Waals surface area contributed by atoms with Crippen molar-refractivity contribution >= 4 is 0 Å². The van der Waals surface area contributed by atoms with Crippen molar-refractivity contribution in [1.82, 2.24) is 10.2 Å². The van der Waals surface area contributed by atoms with Crippen molar-refractivity contribution in [3.8, 4) is 0 Å². The molecule has 1 rings (SSSR count). The molecule has 0 amide bonds. The Morgan fingerprint density at radius 3 is 2.62 bits per heavy atom. The Morgan fingerprint density at radius 1 is 1.54 bits per heavy atom. The zero-order valence-corrected chi connectivity index (χ0v) is 8.95. The minimum absolute atomic E-state index is 0.0929. The minimum atomic E-state index is -0.0929. The summed E-state index contributed by atoms with van der Waals surface area (Å²) in [4.78, 5) is 2.34. The van der Waals surface area contributed by atoms with Gasteiger partial charge in [-0.2, -0.15) is 0 Å². The van der Waals surface area contributed by atoms with E-state index in [2.05, 4.69) is 24.1 Å². The first-order valence-corrected chi connectivity index (χ1v) is 5.21. The number of likely N-dealkylation sites (tertiary alicyclic amines) is 1. The number of hydrogen-bond acceptors (Lipinski definition) is 3. The van der Waals surface area contributed by atoms with Crippen LogP contribution in [0, 0.1) is 5.92 Å². The summed E-state index contributed by atoms with van der Waals surface area (Å²) in [6.07, 6.45) is 0.846. The summed E-state index contributed by atoms with van der Waals surface area (Å²) < 4.78 is 0. The van der Waals surface area contributed by atoms with E-state index in [0.717, 1.165) is 26.1 Å². The van der Waals surface area contributed by atoms with E-state index in [1.165, 1.54) is 0 Å². The van der Waals surface area contributed by atoms with Crippen molar-refractivity contribution in [2.24, 2.45) is 5.92 Å². The van der Waals surface area contributed by atoms with E-state index in [9.17, 15) is 5.11 Å². The molecular weight excluding hydrogens is 164 g/mol. The first-order chi connectivity index (χ1) is 6.13. The van der Waals surface area contributed by atoms with Gasteiger partial charge in [-0.1, -0.05) is 13.8 Å². The van der Waals surface area contributed by atoms with Gasteiger partial charge in [0.15, 0.2) is 0 Å². The van der Waals surface area contributed by atoms with Gasteiger partial charge in [0.2, 0.25) is 0 Å². The number of likely N-dealkylation sites (N-methyl/N-ethyl adjacent to an activating group) is 1. The summed E-state index contributed by atoms with van der Waals surface area (Å²) in [5.41, 5.74) is 0. The zero-order valence-electron chi connectivity index (χ0n) is 8.95. The summed E-state index contributed by atoms with van der Waals surface area (Å²) in [5.74, 6) is 0.655. The highest BCUT2D eigenvalue weighted by Crippen LogP contribution is 2.11. The van der Waals surface area contributed by atoms with Crippen molar-refractivity contribution in [2.75, 3.05) is 26.7 Å². The van der Waals surface area contributed by atoms with Crippen molar-refractivity contribution in [3.05, 3.63) is 0 Å². The molecule has 1 aliphatic heterocycles. The summed E-state index contributed by atoms with van der Waals surface area (Å²) in [6.45, 7) is 7.42. The van der Waals surface area contributed by atoms with Crippen molar-refractivity contribution in [3.63, 3.8) is 0 Å². The fourth-order valence-electron chi connectivity index (χ4n) is 1.89. The second kappa shape index (κ2) is 4.94. The lowest BCUT2D eigenvalue weighted by molar-refractivity contribution is 0.169. The summed E-state index contributed by atoms with van der Waals surface area (Å²) in [7, 11) is 2.01. The number of nitrogens with zero attached hydrogens (tertiary/aromatic N) is 1. The van der Waals surface area contributed by atoms with Crippen molar-refractivity contribution in [1.29, 1.82) is 0 Å². The quantitative estimate of drug-likeness (QED) is 0.663. The van der Waals surface area contributed by atoms with Crippen LogP contribution in [-0.4, -0.2) is 48.8 Å². The van der Waals surface area contributed by atoms with Gasteiger partial charge >= 0.3 is 0 Å². The maximum Gasteiger partial charge on any atom is 0.0679 e. The van der Waals surface area contributed by atoms with E-state index in [0.29, 0.717) is 12.0 Å². The van der Waals surface area contributed by atoms with Crippen molar-refractivity contribution < 1.29 is 5.11 Å². The second-order valence-electron chi connectivity index (χ2n) is 4.34. The highest BCUT2D eigenvalue weighted by atomic mass is 16.3. The van der Waals surface area contributed by atoms with Gasteiger partial charge in [0.05, 0.1) is 6.10 Å². The van der Waals surface area contributed by atoms with Gasteiger partial charge in [0.1, 0.15) is 0 Å². The number of β-amino-alcohol motifs (C(OH)–C–C–N with tert-alkyl or cyclic N) is 1. The van der Waals surface area contributed by atoms with Gasteiger partial charge in [-0.3, -0.25) is 4.90 Å². The minimum Gasteiger partial charge on any atom is -0.392 e. The van der Waals surface area contributed by atoms with Crippen LogP contribution in [0.5, 0.6) is 0 Å². The van der Waals surface area contributed by atoms with Gasteiger partial charge in [0.25, 0.3) is 0 Å². The molecule has 13 heavy (non-hydrogen) atoms. The van der Waals surface area contributed by atoms with E-state index in [1.54, 1.807) is 0 Å². The third-order valence-electron chi connectivity index (χ3n) is 2.88. The Hall–Kier alpha value is -0.120. The van der Waals surface area contributed by atoms with E-state index in [4.69, 9.17) is 0 Å². The van der Waals surface area contributed by atoms with Crippen LogP contribution in [0.25, 0.3) is 0 Å². The summed E-state index contributed by atoms with van der Waals surface area (Å²) in [5, 5.41) is 12.7. The molecule has 1 heterocycles. The van der Waals surface area contributed by atoms with Crippen LogP contribution in [0.2, 0.25) is 0 Å². The fourth-order valence-corrected chi connectivity index (χ4v) is 1.89. The lowest BCUT2D eigenvalue weighted by Crippen LogP contribution is -2.42. The topological polar surface area (TPSA) is 35.5 Å². The van der Waals surface area contributed by atoms with Gasteiger partial charge in [0, 0.05) is 25.7 Å². The molecule has 0 saturated carbocycles. The zero-order chi connectivity index (χ0) is 9.84. The number of nitrogens with one attached hydrogen (secondary N) is 1. The average molecular weight is 186 g/mol. The van der Waals surface area contributed by atoms with Crippen LogP contribution in [0.3, 0.4) is 0 Å². The molecule has 2 atom stereocenters. The Morgan fingerprint density at radius 2 is 2.23 bits per heavy atom. The SMILES string of the molecule is CNC(CN1CCC(O)C1)C(C)C. The fraction of sp³-hybridized carbons (Fsp3) is 1.00. The third-order valence-corrected chi connectivity index (χ3v) is 2.88. The third kappa shape index (κ3) is 3.25. The van der Waals surface area contributed by atoms with Crippen molar-refractivity contribution in [2.45, 2.75) is 32.4 Å². The molecule has 2 N–H and O–H groups in total. The smallest absolute Gasteiger partial charge is 0.0679 e. The summed E-state index contributed by atoms with van der Waals surface area (Å²) >= 11 is 0. The number of aliphatic hydroxyl groups excluding tert-OH is 1. The summed E-state index contributed by atoms with van der Waals surface area (Å²) in [6, 6.07) is 0.547. The number of aliphatic hydroxyl groups is 1. The molecule has 1 aliphatic rings. The Kier molecular flexibility index (Phi) is 4.16. The second-order valence-corrected chi connectivity index (χ2v) is 4.34. The number of hydrogen-bond donors (Lipinski definition) is 2. The molecule has 3 nitrogen and oxygen atoms in total. The maximum atomic E-state index is 9.36. The Bertz CT molecular complexity index is 150. The molecule has 0 aliphatic carbocycles. The first-order valence-electron chi connectivity index (χ1n) is 5.21. The van der Waals surface area contributed by atoms with Crippen LogP contribution < -0.4 is 5.32 Å². The largest absolute Gasteiger partial charge is 0.392 e. The van der Waals surface area contributed by atoms with Crippen LogP contribution in [0.15, 0.2) is 0 Å². The van der Waals surface area contributed by atoms with Gasteiger partial charge in [-0.25, -0.2) is 0 Å². The molecule has 0 aromatic heterocycles. The lowest BCUT2D eigenvalue weighted by Gasteiger charge is -2.25. The molecule has 2 unspecified atom stereocenters. The van der Waals surface area contributed by atoms with Gasteiger partial charge in [-0.15, -0.1) is 0 Å². The van der Waals surface area contributed by atoms with E-state index >= 15 is 0 Å². The monoisotopic (exact) mass is 186 g/mol. The Labute approximate surface area is 81.1 Å². The number of rotatable bonds is 4. The van der Waals surface area contributed by atoms with Crippen LogP contribution in [0.4, 0.5) is 0 Å². The molecule has 0 spiro atoms. The highest BCUT2D eigenvalue weighted by Gasteiger charge is 2.23. The molecule has 0 radical (unpaired) electrons. The van der Waals surface area contributed by atoms with E-state index < -0.39 is 0 Å². The Balaban J connectivity index is 2.30. The molecule has 0 bridgehead atoms. The van der Waals surface area contributed by atoms with Crippen LogP contribution in [0.1, 0.15) is 20.3 Å². The molecular formula is C10H22N2O. The highest BCUT2D eigenvalue weighted by molar-refractivity contribution is 4.80. The standard InChI is InChI=1S/C10H22N2O/c1-8(2)10(11-3)7-12-5-4-9(13)6-12/h8-11,13H,4-7H2,1-3H3. The van der Waals surface area contributed by atoms with Crippen LogP contribution in [-0.2, 0) is 0 Å². The molecule has 1 fully saturated rings. The van der Waals surface area contributed by atoms with Gasteiger partial charge in [-0.05, 0) is 19.4 Å². The van der Waals surface area contributed by atoms with E-state index in [1.807, 2.05) is 7.05 Å². The predicted octanol–water partition coefficient (Wildman–Crippen LogP) is 0.297. The van der Waals surface area contributed by atoms with E-state index in [-0.39, 0.29) is 6.10 Å².